The maximum Gasteiger partial charge on any atom is 0.237 e. The molecule has 2 rings (SSSR count). The summed E-state index contributed by atoms with van der Waals surface area (Å²) in [4.78, 5) is 14.1. The van der Waals surface area contributed by atoms with Crippen molar-refractivity contribution in [3.63, 3.8) is 0 Å². The summed E-state index contributed by atoms with van der Waals surface area (Å²) in [7, 11) is 0. The summed E-state index contributed by atoms with van der Waals surface area (Å²) in [5.41, 5.74) is 5.04. The van der Waals surface area contributed by atoms with Gasteiger partial charge >= 0.3 is 0 Å². The van der Waals surface area contributed by atoms with Gasteiger partial charge in [-0.3, -0.25) is 4.79 Å². The summed E-state index contributed by atoms with van der Waals surface area (Å²) in [5, 5.41) is 3.41. The van der Waals surface area contributed by atoms with Gasteiger partial charge in [0.25, 0.3) is 0 Å². The molecule has 4 heteroatoms. The van der Waals surface area contributed by atoms with Gasteiger partial charge < -0.3 is 16.0 Å². The second-order valence-corrected chi connectivity index (χ2v) is 6.25. The lowest BCUT2D eigenvalue weighted by Gasteiger charge is -2.29. The highest BCUT2D eigenvalue weighted by molar-refractivity contribution is 5.84. The summed E-state index contributed by atoms with van der Waals surface area (Å²) >= 11 is 0. The molecule has 0 aromatic rings. The van der Waals surface area contributed by atoms with Crippen molar-refractivity contribution < 1.29 is 4.79 Å². The van der Waals surface area contributed by atoms with Gasteiger partial charge in [-0.05, 0) is 65.5 Å². The van der Waals surface area contributed by atoms with Crippen molar-refractivity contribution in [1.82, 2.24) is 10.2 Å². The number of nitrogens with one attached hydrogen (secondary N) is 1. The Morgan fingerprint density at radius 1 is 1.44 bits per heavy atom. The van der Waals surface area contributed by atoms with Gasteiger partial charge in [0.15, 0.2) is 0 Å². The van der Waals surface area contributed by atoms with E-state index in [1.807, 2.05) is 6.92 Å². The summed E-state index contributed by atoms with van der Waals surface area (Å²) < 4.78 is 0. The van der Waals surface area contributed by atoms with E-state index in [4.69, 9.17) is 5.73 Å². The molecule has 0 aromatic heterocycles. The van der Waals surface area contributed by atoms with Crippen LogP contribution in [-0.2, 0) is 4.79 Å². The minimum absolute atomic E-state index is 0.205. The van der Waals surface area contributed by atoms with Crippen molar-refractivity contribution in [3.05, 3.63) is 0 Å². The molecule has 2 aliphatic rings. The van der Waals surface area contributed by atoms with Crippen LogP contribution in [0, 0.1) is 0 Å². The number of rotatable bonds is 7. The Kier molecular flexibility index (Phi) is 4.28. The zero-order valence-electron chi connectivity index (χ0n) is 11.7. The van der Waals surface area contributed by atoms with Gasteiger partial charge in [0, 0.05) is 12.1 Å². The first-order chi connectivity index (χ1) is 8.51. The second kappa shape index (κ2) is 5.57. The molecular weight excluding hydrogens is 226 g/mol. The van der Waals surface area contributed by atoms with Gasteiger partial charge in [0.1, 0.15) is 0 Å². The Labute approximate surface area is 110 Å². The van der Waals surface area contributed by atoms with Crippen LogP contribution in [0.5, 0.6) is 0 Å². The van der Waals surface area contributed by atoms with E-state index in [2.05, 4.69) is 17.1 Å². The van der Waals surface area contributed by atoms with Crippen LogP contribution in [0.2, 0.25) is 0 Å². The number of carbonyl (C=O) groups is 1. The first-order valence-electron chi connectivity index (χ1n) is 7.33. The Balaban J connectivity index is 1.76. The first kappa shape index (κ1) is 13.8. The highest BCUT2D eigenvalue weighted by atomic mass is 16.1. The molecule has 1 heterocycles. The summed E-state index contributed by atoms with van der Waals surface area (Å²) in [6.45, 7) is 6.56. The molecule has 2 unspecified atom stereocenters. The van der Waals surface area contributed by atoms with Gasteiger partial charge in [0.05, 0.1) is 5.54 Å². The van der Waals surface area contributed by atoms with E-state index in [1.165, 1.54) is 32.2 Å². The van der Waals surface area contributed by atoms with E-state index < -0.39 is 5.54 Å². The number of nitrogens with zero attached hydrogens (tertiary/aromatic N) is 1. The third kappa shape index (κ3) is 3.45. The zero-order chi connectivity index (χ0) is 13.2. The van der Waals surface area contributed by atoms with Gasteiger partial charge in [-0.2, -0.15) is 0 Å². The third-order valence-corrected chi connectivity index (χ3v) is 4.46. The minimum atomic E-state index is -0.510. The molecule has 0 bridgehead atoms. The smallest absolute Gasteiger partial charge is 0.237 e. The maximum atomic E-state index is 11.6. The molecule has 2 atom stereocenters. The van der Waals surface area contributed by atoms with Crippen LogP contribution in [-0.4, -0.2) is 41.5 Å². The summed E-state index contributed by atoms with van der Waals surface area (Å²) in [6, 6.07) is 1.23. The van der Waals surface area contributed by atoms with E-state index in [0.717, 1.165) is 19.4 Å². The van der Waals surface area contributed by atoms with Crippen molar-refractivity contribution in [3.8, 4) is 0 Å². The lowest BCUT2D eigenvalue weighted by atomic mass is 9.94. The molecule has 0 radical (unpaired) electrons. The number of nitrogens with two attached hydrogens (primary N) is 1. The predicted molar refractivity (Wildman–Crippen MR) is 73.3 cm³/mol. The van der Waals surface area contributed by atoms with Crippen LogP contribution < -0.4 is 11.1 Å². The molecule has 1 aliphatic carbocycles. The third-order valence-electron chi connectivity index (χ3n) is 4.46. The van der Waals surface area contributed by atoms with Crippen LogP contribution >= 0.6 is 0 Å². The molecule has 4 nitrogen and oxygen atoms in total. The fourth-order valence-corrected chi connectivity index (χ4v) is 2.91. The maximum absolute atomic E-state index is 11.6. The second-order valence-electron chi connectivity index (χ2n) is 6.25. The molecule has 1 amide bonds. The number of amides is 1. The normalized spacial score (nSPS) is 28.2. The fourth-order valence-electron chi connectivity index (χ4n) is 2.91. The molecule has 2 fully saturated rings. The van der Waals surface area contributed by atoms with Crippen molar-refractivity contribution >= 4 is 5.91 Å². The Morgan fingerprint density at radius 3 is 2.67 bits per heavy atom. The van der Waals surface area contributed by atoms with Crippen LogP contribution in [0.25, 0.3) is 0 Å². The molecule has 18 heavy (non-hydrogen) atoms. The monoisotopic (exact) mass is 253 g/mol. The highest BCUT2D eigenvalue weighted by Gasteiger charge is 2.36. The SMILES string of the molecule is CC1CCCN1CCCC(C)(NC1CC1)C(N)=O. The molecule has 0 aromatic carbocycles. The molecule has 3 N–H and O–H groups in total. The van der Waals surface area contributed by atoms with Gasteiger partial charge in [-0.15, -0.1) is 0 Å². The fraction of sp³-hybridized carbons (Fsp3) is 0.929. The van der Waals surface area contributed by atoms with Crippen molar-refractivity contribution in [1.29, 1.82) is 0 Å². The largest absolute Gasteiger partial charge is 0.368 e. The quantitative estimate of drug-likeness (QED) is 0.718. The van der Waals surface area contributed by atoms with Gasteiger partial charge in [-0.25, -0.2) is 0 Å². The van der Waals surface area contributed by atoms with E-state index in [1.54, 1.807) is 0 Å². The summed E-state index contributed by atoms with van der Waals surface area (Å²) in [5.74, 6) is -0.205. The van der Waals surface area contributed by atoms with Crippen LogP contribution in [0.3, 0.4) is 0 Å². The van der Waals surface area contributed by atoms with Crippen LogP contribution in [0.1, 0.15) is 52.4 Å². The topological polar surface area (TPSA) is 58.4 Å². The average Bonchev–Trinajstić information content (AvgIpc) is 3.02. The average molecular weight is 253 g/mol. The lowest BCUT2D eigenvalue weighted by molar-refractivity contribution is -0.124. The molecule has 1 saturated carbocycles. The highest BCUT2D eigenvalue weighted by Crippen LogP contribution is 2.25. The number of carbonyl (C=O) groups excluding carboxylic acids is 1. The van der Waals surface area contributed by atoms with E-state index in [-0.39, 0.29) is 5.91 Å². The molecule has 1 saturated heterocycles. The van der Waals surface area contributed by atoms with E-state index in [0.29, 0.717) is 12.1 Å². The Hall–Kier alpha value is -0.610. The van der Waals surface area contributed by atoms with Crippen LogP contribution in [0.4, 0.5) is 0 Å². The molecular formula is C14H27N3O. The zero-order valence-corrected chi connectivity index (χ0v) is 11.7. The van der Waals surface area contributed by atoms with Crippen molar-refractivity contribution in [2.75, 3.05) is 13.1 Å². The number of likely N-dealkylation sites (tertiary alicyclic amines) is 1. The molecule has 0 spiro atoms. The van der Waals surface area contributed by atoms with Crippen LogP contribution in [0.15, 0.2) is 0 Å². The van der Waals surface area contributed by atoms with E-state index >= 15 is 0 Å². The number of hydrogen-bond donors (Lipinski definition) is 2. The number of primary amides is 1. The Bertz CT molecular complexity index is 303. The van der Waals surface area contributed by atoms with Crippen molar-refractivity contribution in [2.24, 2.45) is 5.73 Å². The standard InChI is InChI=1S/C14H27N3O/c1-11-5-3-9-17(11)10-4-8-14(2,13(15)18)16-12-6-7-12/h11-12,16H,3-10H2,1-2H3,(H2,15,18). The first-order valence-corrected chi connectivity index (χ1v) is 7.33. The Morgan fingerprint density at radius 2 is 2.17 bits per heavy atom. The van der Waals surface area contributed by atoms with E-state index in [9.17, 15) is 4.79 Å². The minimum Gasteiger partial charge on any atom is -0.368 e. The lowest BCUT2D eigenvalue weighted by Crippen LogP contribution is -2.54. The van der Waals surface area contributed by atoms with Gasteiger partial charge in [-0.1, -0.05) is 0 Å². The summed E-state index contributed by atoms with van der Waals surface area (Å²) in [6.07, 6.45) is 6.89. The predicted octanol–water partition coefficient (Wildman–Crippen LogP) is 1.25. The molecule has 1 aliphatic heterocycles. The van der Waals surface area contributed by atoms with Crippen molar-refractivity contribution in [2.45, 2.75) is 70.0 Å². The van der Waals surface area contributed by atoms with Gasteiger partial charge in [0.2, 0.25) is 5.91 Å². The number of hydrogen-bond acceptors (Lipinski definition) is 3. The molecule has 104 valence electrons.